The normalized spacial score (nSPS) is 30.2. The predicted molar refractivity (Wildman–Crippen MR) is 131 cm³/mol. The summed E-state index contributed by atoms with van der Waals surface area (Å²) in [6.45, 7) is 7.41. The summed E-state index contributed by atoms with van der Waals surface area (Å²) < 4.78 is 34.6. The average molecular weight is 510 g/mol. The van der Waals surface area contributed by atoms with Gasteiger partial charge in [-0.15, -0.1) is 11.3 Å². The Kier molecular flexibility index (Phi) is 6.61. The van der Waals surface area contributed by atoms with Crippen molar-refractivity contribution in [2.24, 2.45) is 5.92 Å². The first-order chi connectivity index (χ1) is 15.8. The number of ether oxygens (including phenoxy) is 1. The molecule has 1 aliphatic carbocycles. The summed E-state index contributed by atoms with van der Waals surface area (Å²) >= 11 is 8.02. The molecule has 2 fully saturated rings. The highest BCUT2D eigenvalue weighted by Crippen LogP contribution is 2.46. The maximum absolute atomic E-state index is 12.6. The van der Waals surface area contributed by atoms with Crippen LogP contribution in [0.15, 0.2) is 29.4 Å². The molecule has 9 heteroatoms. The van der Waals surface area contributed by atoms with Crippen LogP contribution in [0.4, 0.5) is 0 Å². The molecule has 0 amide bonds. The molecule has 2 aliphatic heterocycles. The Hall–Kier alpha value is -1.03. The lowest BCUT2D eigenvalue weighted by Crippen LogP contribution is -2.54. The summed E-state index contributed by atoms with van der Waals surface area (Å²) in [6.07, 6.45) is 8.72. The molecule has 2 aromatic heterocycles. The molecule has 2 aromatic rings. The Morgan fingerprint density at radius 3 is 2.94 bits per heavy atom. The minimum absolute atomic E-state index is 0.0368. The van der Waals surface area contributed by atoms with Crippen LogP contribution in [-0.2, 0) is 33.2 Å². The van der Waals surface area contributed by atoms with Crippen molar-refractivity contribution in [1.29, 1.82) is 0 Å². The second kappa shape index (κ2) is 9.21. The highest BCUT2D eigenvalue weighted by atomic mass is 35.5. The van der Waals surface area contributed by atoms with E-state index in [1.807, 2.05) is 11.3 Å². The molecule has 0 radical (unpaired) electrons. The van der Waals surface area contributed by atoms with Crippen LogP contribution in [0.2, 0.25) is 5.02 Å². The van der Waals surface area contributed by atoms with E-state index in [0.717, 1.165) is 58.2 Å². The van der Waals surface area contributed by atoms with Gasteiger partial charge in [0.15, 0.2) is 0 Å². The van der Waals surface area contributed by atoms with Crippen LogP contribution in [-0.4, -0.2) is 50.1 Å². The maximum atomic E-state index is 12.6. The first-order valence-electron chi connectivity index (χ1n) is 11.9. The lowest BCUT2D eigenvalue weighted by atomic mass is 9.77. The van der Waals surface area contributed by atoms with E-state index in [-0.39, 0.29) is 21.6 Å². The predicted octanol–water partition coefficient (Wildman–Crippen LogP) is 4.37. The number of aromatic nitrogens is 1. The molecule has 1 saturated heterocycles. The van der Waals surface area contributed by atoms with Gasteiger partial charge in [-0.1, -0.05) is 18.5 Å². The van der Waals surface area contributed by atoms with E-state index in [1.54, 1.807) is 0 Å². The van der Waals surface area contributed by atoms with Crippen molar-refractivity contribution >= 4 is 33.0 Å². The number of hydrogen-bond acceptors (Lipinski definition) is 6. The molecule has 33 heavy (non-hydrogen) atoms. The Morgan fingerprint density at radius 2 is 2.21 bits per heavy atom. The smallest absolute Gasteiger partial charge is 0.243 e. The van der Waals surface area contributed by atoms with E-state index in [9.17, 15) is 8.42 Å². The van der Waals surface area contributed by atoms with Gasteiger partial charge in [-0.25, -0.2) is 13.1 Å². The van der Waals surface area contributed by atoms with Gasteiger partial charge < -0.3 is 9.64 Å². The monoisotopic (exact) mass is 509 g/mol. The zero-order valence-electron chi connectivity index (χ0n) is 19.2. The van der Waals surface area contributed by atoms with Crippen molar-refractivity contribution in [3.8, 4) is 0 Å². The molecule has 0 aromatic carbocycles. The fraction of sp³-hybridized carbons (Fsp3) is 0.625. The van der Waals surface area contributed by atoms with Crippen LogP contribution >= 0.6 is 22.9 Å². The number of likely N-dealkylation sites (tertiary alicyclic amines) is 1. The SMILES string of the molecule is CCc1cc2c(s1)CCO[C@@]21CCN(CC2CC(NS(=O)(=O)c3cnccc3Cl)C2)[C@@H](C)C1. The first kappa shape index (κ1) is 23.7. The van der Waals surface area contributed by atoms with Crippen molar-refractivity contribution in [3.63, 3.8) is 0 Å². The summed E-state index contributed by atoms with van der Waals surface area (Å²) in [4.78, 5) is 9.52. The fourth-order valence-corrected chi connectivity index (χ4v) is 8.57. The Balaban J connectivity index is 1.16. The van der Waals surface area contributed by atoms with Gasteiger partial charge in [0.2, 0.25) is 10.0 Å². The summed E-state index contributed by atoms with van der Waals surface area (Å²) in [6, 6.07) is 4.31. The van der Waals surface area contributed by atoms with Crippen molar-refractivity contribution in [3.05, 3.63) is 44.9 Å². The summed E-state index contributed by atoms with van der Waals surface area (Å²) in [5.41, 5.74) is 1.34. The van der Waals surface area contributed by atoms with Crippen LogP contribution < -0.4 is 4.72 Å². The Bertz CT molecular complexity index is 1120. The summed E-state index contributed by atoms with van der Waals surface area (Å²) in [5.74, 6) is 0.509. The molecule has 3 aliphatic rings. The van der Waals surface area contributed by atoms with Crippen molar-refractivity contribution < 1.29 is 13.2 Å². The van der Waals surface area contributed by atoms with Gasteiger partial charge in [-0.2, -0.15) is 0 Å². The fourth-order valence-electron chi connectivity index (χ4n) is 5.70. The van der Waals surface area contributed by atoms with E-state index in [4.69, 9.17) is 16.3 Å². The number of rotatable bonds is 6. The third-order valence-corrected chi connectivity index (χ3v) is 10.9. The molecule has 180 valence electrons. The van der Waals surface area contributed by atoms with E-state index in [2.05, 4.69) is 34.5 Å². The van der Waals surface area contributed by atoms with Crippen molar-refractivity contribution in [2.75, 3.05) is 19.7 Å². The van der Waals surface area contributed by atoms with E-state index in [0.29, 0.717) is 12.0 Å². The zero-order chi connectivity index (χ0) is 23.2. The van der Waals surface area contributed by atoms with Crippen molar-refractivity contribution in [1.82, 2.24) is 14.6 Å². The van der Waals surface area contributed by atoms with Gasteiger partial charge in [0.1, 0.15) is 4.90 Å². The molecular formula is C24H32ClN3O3S2. The van der Waals surface area contributed by atoms with E-state index < -0.39 is 10.0 Å². The van der Waals surface area contributed by atoms with Crippen LogP contribution in [0.3, 0.4) is 0 Å². The Labute approximate surface area is 205 Å². The molecule has 0 bridgehead atoms. The lowest BCUT2D eigenvalue weighted by molar-refractivity contribution is -0.114. The van der Waals surface area contributed by atoms with Crippen molar-refractivity contribution in [2.45, 2.75) is 75.0 Å². The molecule has 2 atom stereocenters. The molecule has 1 N–H and O–H groups in total. The second-order valence-corrected chi connectivity index (χ2v) is 13.1. The van der Waals surface area contributed by atoms with Crippen LogP contribution in [0.1, 0.15) is 54.8 Å². The van der Waals surface area contributed by atoms with Crippen LogP contribution in [0, 0.1) is 5.92 Å². The number of aryl methyl sites for hydroxylation is 1. The van der Waals surface area contributed by atoms with E-state index in [1.165, 1.54) is 33.8 Å². The van der Waals surface area contributed by atoms with Gasteiger partial charge in [0.25, 0.3) is 0 Å². The molecule has 0 unspecified atom stereocenters. The number of fused-ring (bicyclic) bond motifs is 2. The third-order valence-electron chi connectivity index (χ3n) is 7.53. The molecule has 1 spiro atoms. The quantitative estimate of drug-likeness (QED) is 0.626. The van der Waals surface area contributed by atoms with Gasteiger partial charge in [0.05, 0.1) is 17.2 Å². The number of halogens is 1. The van der Waals surface area contributed by atoms with E-state index >= 15 is 0 Å². The van der Waals surface area contributed by atoms with Crippen LogP contribution in [0.25, 0.3) is 0 Å². The zero-order valence-corrected chi connectivity index (χ0v) is 21.6. The summed E-state index contributed by atoms with van der Waals surface area (Å²) in [7, 11) is -3.64. The van der Waals surface area contributed by atoms with Gasteiger partial charge >= 0.3 is 0 Å². The standard InChI is InChI=1S/C24H32ClN3O3S2/c1-3-19-12-20-22(32-19)5-9-31-24(20)6-8-28(16(2)13-24)15-17-10-18(11-17)27-33(29,30)23-14-26-7-4-21(23)25/h4,7,12,14,16-18,27H,3,5-6,8-11,13,15H2,1-2H3/t16-,17?,18?,24+/m0/s1. The molecule has 6 nitrogen and oxygen atoms in total. The number of sulfonamides is 1. The minimum Gasteiger partial charge on any atom is -0.370 e. The highest BCUT2D eigenvalue weighted by Gasteiger charge is 2.45. The number of thiophene rings is 1. The van der Waals surface area contributed by atoms with Gasteiger partial charge in [-0.3, -0.25) is 4.98 Å². The number of hydrogen-bond donors (Lipinski definition) is 1. The minimum atomic E-state index is -3.64. The highest BCUT2D eigenvalue weighted by molar-refractivity contribution is 7.89. The van der Waals surface area contributed by atoms with Gasteiger partial charge in [0, 0.05) is 53.7 Å². The second-order valence-electron chi connectivity index (χ2n) is 9.76. The molecule has 1 saturated carbocycles. The molecule has 5 rings (SSSR count). The number of nitrogens with zero attached hydrogens (tertiary/aromatic N) is 2. The number of piperidine rings is 1. The number of pyridine rings is 1. The molecule has 4 heterocycles. The first-order valence-corrected chi connectivity index (χ1v) is 14.6. The maximum Gasteiger partial charge on any atom is 0.243 e. The topological polar surface area (TPSA) is 71.5 Å². The van der Waals surface area contributed by atoms with Crippen LogP contribution in [0.5, 0.6) is 0 Å². The average Bonchev–Trinajstić information content (AvgIpc) is 3.19. The lowest BCUT2D eigenvalue weighted by Gasteiger charge is -2.49. The van der Waals surface area contributed by atoms with Gasteiger partial charge in [-0.05, 0) is 62.6 Å². The largest absolute Gasteiger partial charge is 0.370 e. The summed E-state index contributed by atoms with van der Waals surface area (Å²) in [5, 5.41) is 0.203. The third kappa shape index (κ3) is 4.62. The molecular weight excluding hydrogens is 478 g/mol. The Morgan fingerprint density at radius 1 is 1.39 bits per heavy atom. The number of nitrogens with one attached hydrogen (secondary N) is 1.